The summed E-state index contributed by atoms with van der Waals surface area (Å²) in [7, 11) is 0. The van der Waals surface area contributed by atoms with Crippen LogP contribution in [0.25, 0.3) is 0 Å². The van der Waals surface area contributed by atoms with E-state index in [-0.39, 0.29) is 6.61 Å². The third-order valence-electron chi connectivity index (χ3n) is 2.72. The van der Waals surface area contributed by atoms with Crippen molar-refractivity contribution in [2.75, 3.05) is 18.5 Å². The molecule has 0 amide bonds. The number of aryl methyl sites for hydroxylation is 1. The van der Waals surface area contributed by atoms with Gasteiger partial charge in [0.05, 0.1) is 0 Å². The zero-order valence-corrected chi connectivity index (χ0v) is 11.6. The number of nitrogens with one attached hydrogen (secondary N) is 1. The highest BCUT2D eigenvalue weighted by Crippen LogP contribution is 2.16. The highest BCUT2D eigenvalue weighted by Gasteiger charge is 2.09. The Kier molecular flexibility index (Phi) is 7.12. The molecule has 1 heterocycles. The maximum atomic E-state index is 8.98. The number of aliphatic hydroxyl groups excluding tert-OH is 1. The second kappa shape index (κ2) is 8.42. The molecule has 0 radical (unpaired) electrons. The molecular formula is C12H23N3OS. The maximum Gasteiger partial charge on any atom is 0.202 e. The lowest BCUT2D eigenvalue weighted by Gasteiger charge is -2.14. The fraction of sp³-hybridized carbons (Fsp3) is 0.833. The van der Waals surface area contributed by atoms with E-state index in [1.807, 2.05) is 0 Å². The number of aliphatic hydroxyl groups is 1. The van der Waals surface area contributed by atoms with Gasteiger partial charge in [-0.3, -0.25) is 0 Å². The first-order valence-electron chi connectivity index (χ1n) is 6.47. The highest BCUT2D eigenvalue weighted by atomic mass is 32.1. The second-order valence-corrected chi connectivity index (χ2v) is 5.07. The Bertz CT molecular complexity index is 298. The van der Waals surface area contributed by atoms with Crippen molar-refractivity contribution < 1.29 is 5.11 Å². The SMILES string of the molecule is CCCc1nsc(NCC(CCC)CCO)n1. The molecule has 0 spiro atoms. The molecule has 1 rings (SSSR count). The number of hydrogen-bond donors (Lipinski definition) is 2. The van der Waals surface area contributed by atoms with Gasteiger partial charge in [0, 0.05) is 31.1 Å². The van der Waals surface area contributed by atoms with Crippen molar-refractivity contribution >= 4 is 16.7 Å². The molecule has 0 saturated carbocycles. The molecule has 17 heavy (non-hydrogen) atoms. The van der Waals surface area contributed by atoms with Crippen molar-refractivity contribution in [1.82, 2.24) is 9.36 Å². The minimum atomic E-state index is 0.267. The van der Waals surface area contributed by atoms with Crippen LogP contribution in [0, 0.1) is 5.92 Å². The Morgan fingerprint density at radius 1 is 1.29 bits per heavy atom. The van der Waals surface area contributed by atoms with Crippen LogP contribution in [0.15, 0.2) is 0 Å². The topological polar surface area (TPSA) is 58.0 Å². The Morgan fingerprint density at radius 2 is 2.12 bits per heavy atom. The van der Waals surface area contributed by atoms with Crippen LogP contribution in [0.1, 0.15) is 45.4 Å². The van der Waals surface area contributed by atoms with Crippen LogP contribution < -0.4 is 5.32 Å². The molecule has 1 atom stereocenters. The quantitative estimate of drug-likeness (QED) is 0.714. The molecule has 98 valence electrons. The van der Waals surface area contributed by atoms with Crippen molar-refractivity contribution in [3.63, 3.8) is 0 Å². The van der Waals surface area contributed by atoms with E-state index in [9.17, 15) is 0 Å². The molecule has 4 nitrogen and oxygen atoms in total. The summed E-state index contributed by atoms with van der Waals surface area (Å²) in [5.74, 6) is 1.47. The normalized spacial score (nSPS) is 12.6. The number of aromatic nitrogens is 2. The van der Waals surface area contributed by atoms with Gasteiger partial charge in [-0.05, 0) is 25.2 Å². The largest absolute Gasteiger partial charge is 0.396 e. The van der Waals surface area contributed by atoms with E-state index in [1.165, 1.54) is 11.5 Å². The summed E-state index contributed by atoms with van der Waals surface area (Å²) >= 11 is 1.43. The van der Waals surface area contributed by atoms with E-state index in [4.69, 9.17) is 5.11 Å². The van der Waals surface area contributed by atoms with E-state index in [1.54, 1.807) is 0 Å². The van der Waals surface area contributed by atoms with Crippen molar-refractivity contribution in [3.05, 3.63) is 5.82 Å². The Hall–Kier alpha value is -0.680. The van der Waals surface area contributed by atoms with Crippen LogP contribution in [0.4, 0.5) is 5.13 Å². The standard InChI is InChI=1S/C12H23N3OS/c1-3-5-10(7-8-16)9-13-12-14-11(6-4-2)15-17-12/h10,16H,3-9H2,1-2H3,(H,13,14,15). The number of anilines is 1. The van der Waals surface area contributed by atoms with E-state index in [2.05, 4.69) is 28.5 Å². The number of nitrogens with zero attached hydrogens (tertiary/aromatic N) is 2. The summed E-state index contributed by atoms with van der Waals surface area (Å²) in [5.41, 5.74) is 0. The van der Waals surface area contributed by atoms with Gasteiger partial charge in [0.1, 0.15) is 5.82 Å². The van der Waals surface area contributed by atoms with Crippen molar-refractivity contribution in [1.29, 1.82) is 0 Å². The van der Waals surface area contributed by atoms with E-state index in [0.717, 1.165) is 49.6 Å². The Labute approximate surface area is 108 Å². The molecule has 0 fully saturated rings. The van der Waals surface area contributed by atoms with Crippen LogP contribution in [0.5, 0.6) is 0 Å². The van der Waals surface area contributed by atoms with Gasteiger partial charge in [0.15, 0.2) is 0 Å². The lowest BCUT2D eigenvalue weighted by atomic mass is 10.0. The highest BCUT2D eigenvalue weighted by molar-refractivity contribution is 7.09. The molecule has 0 aliphatic heterocycles. The predicted octanol–water partition coefficient (Wildman–Crippen LogP) is 2.70. The molecular weight excluding hydrogens is 234 g/mol. The third-order valence-corrected chi connectivity index (χ3v) is 3.43. The molecule has 0 aromatic carbocycles. The lowest BCUT2D eigenvalue weighted by molar-refractivity contribution is 0.255. The monoisotopic (exact) mass is 257 g/mol. The summed E-state index contributed by atoms with van der Waals surface area (Å²) in [6, 6.07) is 0. The van der Waals surface area contributed by atoms with Gasteiger partial charge in [-0.2, -0.15) is 4.37 Å². The molecule has 2 N–H and O–H groups in total. The molecule has 0 aliphatic carbocycles. The van der Waals surface area contributed by atoms with Crippen LogP contribution in [-0.4, -0.2) is 27.6 Å². The average molecular weight is 257 g/mol. The maximum absolute atomic E-state index is 8.98. The number of rotatable bonds is 9. The first-order chi connectivity index (χ1) is 8.30. The first kappa shape index (κ1) is 14.4. The van der Waals surface area contributed by atoms with Gasteiger partial charge in [-0.1, -0.05) is 20.3 Å². The van der Waals surface area contributed by atoms with Gasteiger partial charge in [-0.15, -0.1) is 0 Å². The molecule has 0 bridgehead atoms. The van der Waals surface area contributed by atoms with Gasteiger partial charge >= 0.3 is 0 Å². The van der Waals surface area contributed by atoms with Crippen LogP contribution in [0.2, 0.25) is 0 Å². The van der Waals surface area contributed by atoms with E-state index >= 15 is 0 Å². The third kappa shape index (κ3) is 5.46. The number of hydrogen-bond acceptors (Lipinski definition) is 5. The summed E-state index contributed by atoms with van der Waals surface area (Å²) in [6.07, 6.45) is 5.20. The summed E-state index contributed by atoms with van der Waals surface area (Å²) in [4.78, 5) is 4.43. The molecule has 1 unspecified atom stereocenters. The molecule has 1 aromatic rings. The summed E-state index contributed by atoms with van der Waals surface area (Å²) in [5, 5.41) is 13.2. The zero-order valence-electron chi connectivity index (χ0n) is 10.8. The van der Waals surface area contributed by atoms with Crippen LogP contribution in [0.3, 0.4) is 0 Å². The lowest BCUT2D eigenvalue weighted by Crippen LogP contribution is -2.15. The minimum Gasteiger partial charge on any atom is -0.396 e. The molecule has 5 heteroatoms. The smallest absolute Gasteiger partial charge is 0.202 e. The predicted molar refractivity (Wildman–Crippen MR) is 72.5 cm³/mol. The summed E-state index contributed by atoms with van der Waals surface area (Å²) in [6.45, 7) is 5.46. The average Bonchev–Trinajstić information content (AvgIpc) is 2.75. The fourth-order valence-corrected chi connectivity index (χ4v) is 2.44. The molecule has 0 saturated heterocycles. The van der Waals surface area contributed by atoms with Crippen molar-refractivity contribution in [2.24, 2.45) is 5.92 Å². The molecule has 0 aliphatic rings. The fourth-order valence-electron chi connectivity index (χ4n) is 1.82. The zero-order chi connectivity index (χ0) is 12.5. The first-order valence-corrected chi connectivity index (χ1v) is 7.24. The van der Waals surface area contributed by atoms with Gasteiger partial charge < -0.3 is 10.4 Å². The summed E-state index contributed by atoms with van der Waals surface area (Å²) < 4.78 is 4.29. The van der Waals surface area contributed by atoms with E-state index < -0.39 is 0 Å². The van der Waals surface area contributed by atoms with Crippen LogP contribution >= 0.6 is 11.5 Å². The van der Waals surface area contributed by atoms with Crippen LogP contribution in [-0.2, 0) is 6.42 Å². The van der Waals surface area contributed by atoms with Crippen molar-refractivity contribution in [2.45, 2.75) is 46.0 Å². The van der Waals surface area contributed by atoms with Gasteiger partial charge in [0.2, 0.25) is 5.13 Å². The van der Waals surface area contributed by atoms with Gasteiger partial charge in [-0.25, -0.2) is 4.98 Å². The van der Waals surface area contributed by atoms with Gasteiger partial charge in [0.25, 0.3) is 0 Å². The Balaban J connectivity index is 2.35. The Morgan fingerprint density at radius 3 is 2.76 bits per heavy atom. The van der Waals surface area contributed by atoms with E-state index in [0.29, 0.717) is 5.92 Å². The second-order valence-electron chi connectivity index (χ2n) is 4.31. The molecule has 1 aromatic heterocycles. The van der Waals surface area contributed by atoms with Crippen molar-refractivity contribution in [3.8, 4) is 0 Å². The minimum absolute atomic E-state index is 0.267.